The summed E-state index contributed by atoms with van der Waals surface area (Å²) in [6, 6.07) is 9.97. The first-order valence-electron chi connectivity index (χ1n) is 5.29. The SMILES string of the molecule is CCC(C(C)=O)(c1ccccc1)N(C)C. The van der Waals surface area contributed by atoms with E-state index in [0.29, 0.717) is 0 Å². The van der Waals surface area contributed by atoms with E-state index in [1.165, 1.54) is 0 Å². The molecular formula is C13H19NO. The van der Waals surface area contributed by atoms with Crippen LogP contribution in [0, 0.1) is 0 Å². The maximum absolute atomic E-state index is 11.9. The molecule has 1 aromatic carbocycles. The summed E-state index contributed by atoms with van der Waals surface area (Å²) < 4.78 is 0. The minimum Gasteiger partial charge on any atom is -0.298 e. The van der Waals surface area contributed by atoms with Crippen molar-refractivity contribution in [2.45, 2.75) is 25.8 Å². The van der Waals surface area contributed by atoms with E-state index in [2.05, 4.69) is 6.92 Å². The summed E-state index contributed by atoms with van der Waals surface area (Å²) in [5.41, 5.74) is 0.603. The first kappa shape index (κ1) is 11.9. The minimum absolute atomic E-state index is 0.196. The Morgan fingerprint density at radius 3 is 2.13 bits per heavy atom. The molecule has 0 saturated carbocycles. The second-order valence-electron chi connectivity index (χ2n) is 4.03. The Balaban J connectivity index is 3.28. The highest BCUT2D eigenvalue weighted by Gasteiger charge is 2.37. The molecule has 0 aliphatic carbocycles. The van der Waals surface area contributed by atoms with Crippen LogP contribution in [0.25, 0.3) is 0 Å². The molecule has 0 amide bonds. The van der Waals surface area contributed by atoms with Crippen LogP contribution in [0.2, 0.25) is 0 Å². The summed E-state index contributed by atoms with van der Waals surface area (Å²) in [5.74, 6) is 0.196. The van der Waals surface area contributed by atoms with Crippen molar-refractivity contribution in [2.24, 2.45) is 0 Å². The number of ketones is 1. The number of Topliss-reactive ketones (excluding diaryl/α,β-unsaturated/α-hetero) is 1. The number of hydrogen-bond acceptors (Lipinski definition) is 2. The highest BCUT2D eigenvalue weighted by atomic mass is 16.1. The van der Waals surface area contributed by atoms with Crippen LogP contribution < -0.4 is 0 Å². The van der Waals surface area contributed by atoms with Gasteiger partial charge in [0.2, 0.25) is 0 Å². The summed E-state index contributed by atoms with van der Waals surface area (Å²) in [4.78, 5) is 13.9. The van der Waals surface area contributed by atoms with Crippen molar-refractivity contribution in [3.8, 4) is 0 Å². The van der Waals surface area contributed by atoms with E-state index in [9.17, 15) is 4.79 Å². The fraction of sp³-hybridized carbons (Fsp3) is 0.462. The van der Waals surface area contributed by atoms with Gasteiger partial charge in [0.25, 0.3) is 0 Å². The first-order chi connectivity index (χ1) is 7.05. The van der Waals surface area contributed by atoms with Crippen LogP contribution in [-0.2, 0) is 10.3 Å². The third-order valence-corrected chi connectivity index (χ3v) is 3.11. The van der Waals surface area contributed by atoms with Crippen molar-refractivity contribution in [1.29, 1.82) is 0 Å². The Morgan fingerprint density at radius 2 is 1.80 bits per heavy atom. The molecule has 1 atom stereocenters. The molecule has 1 rings (SSSR count). The van der Waals surface area contributed by atoms with Crippen molar-refractivity contribution < 1.29 is 4.79 Å². The molecule has 0 aromatic heterocycles. The van der Waals surface area contributed by atoms with Crippen molar-refractivity contribution in [1.82, 2.24) is 4.90 Å². The molecule has 0 fully saturated rings. The third kappa shape index (κ3) is 1.95. The Kier molecular flexibility index (Phi) is 3.64. The Labute approximate surface area is 91.9 Å². The number of carbonyl (C=O) groups excluding carboxylic acids is 1. The topological polar surface area (TPSA) is 20.3 Å². The predicted octanol–water partition coefficient (Wildman–Crippen LogP) is 2.44. The molecule has 2 nitrogen and oxygen atoms in total. The van der Waals surface area contributed by atoms with Gasteiger partial charge in [0.15, 0.2) is 5.78 Å². The molecule has 0 N–H and O–H groups in total. The largest absolute Gasteiger partial charge is 0.298 e. The molecule has 0 bridgehead atoms. The van der Waals surface area contributed by atoms with Crippen molar-refractivity contribution >= 4 is 5.78 Å². The molecule has 0 radical (unpaired) electrons. The van der Waals surface area contributed by atoms with Crippen molar-refractivity contribution in [3.05, 3.63) is 35.9 Å². The second kappa shape index (κ2) is 4.58. The third-order valence-electron chi connectivity index (χ3n) is 3.11. The van der Waals surface area contributed by atoms with E-state index >= 15 is 0 Å². The average Bonchev–Trinajstić information content (AvgIpc) is 2.20. The summed E-state index contributed by atoms with van der Waals surface area (Å²) >= 11 is 0. The molecule has 0 aliphatic heterocycles. The van der Waals surface area contributed by atoms with Crippen LogP contribution >= 0.6 is 0 Å². The van der Waals surface area contributed by atoms with E-state index in [0.717, 1.165) is 12.0 Å². The summed E-state index contributed by atoms with van der Waals surface area (Å²) in [5, 5.41) is 0. The van der Waals surface area contributed by atoms with Gasteiger partial charge in [-0.05, 0) is 33.0 Å². The van der Waals surface area contributed by atoms with Gasteiger partial charge >= 0.3 is 0 Å². The van der Waals surface area contributed by atoms with Gasteiger partial charge in [-0.15, -0.1) is 0 Å². The van der Waals surface area contributed by atoms with E-state index in [1.54, 1.807) is 6.92 Å². The standard InChI is InChI=1S/C13H19NO/c1-5-13(11(2)15,14(3)4)12-9-7-6-8-10-12/h6-10H,5H2,1-4H3. The molecular weight excluding hydrogens is 186 g/mol. The number of hydrogen-bond donors (Lipinski definition) is 0. The zero-order valence-corrected chi connectivity index (χ0v) is 9.95. The highest BCUT2D eigenvalue weighted by Crippen LogP contribution is 2.30. The number of carbonyl (C=O) groups is 1. The average molecular weight is 205 g/mol. The lowest BCUT2D eigenvalue weighted by atomic mass is 9.82. The second-order valence-corrected chi connectivity index (χ2v) is 4.03. The zero-order valence-electron chi connectivity index (χ0n) is 9.95. The van der Waals surface area contributed by atoms with Crippen LogP contribution in [0.15, 0.2) is 30.3 Å². The summed E-state index contributed by atoms with van der Waals surface area (Å²) in [6.45, 7) is 3.71. The smallest absolute Gasteiger partial charge is 0.154 e. The van der Waals surface area contributed by atoms with Gasteiger partial charge < -0.3 is 0 Å². The molecule has 0 heterocycles. The van der Waals surface area contributed by atoms with Gasteiger partial charge in [-0.2, -0.15) is 0 Å². The fourth-order valence-electron chi connectivity index (χ4n) is 2.26. The maximum Gasteiger partial charge on any atom is 0.154 e. The van der Waals surface area contributed by atoms with Crippen LogP contribution in [0.3, 0.4) is 0 Å². The number of benzene rings is 1. The van der Waals surface area contributed by atoms with Crippen molar-refractivity contribution in [2.75, 3.05) is 14.1 Å². The van der Waals surface area contributed by atoms with Gasteiger partial charge in [-0.25, -0.2) is 0 Å². The Morgan fingerprint density at radius 1 is 1.27 bits per heavy atom. The van der Waals surface area contributed by atoms with E-state index in [1.807, 2.05) is 49.3 Å². The van der Waals surface area contributed by atoms with Gasteiger partial charge in [0.05, 0.1) is 0 Å². The summed E-state index contributed by atoms with van der Waals surface area (Å²) in [6.07, 6.45) is 0.791. The number of rotatable bonds is 4. The molecule has 1 unspecified atom stereocenters. The lowest BCUT2D eigenvalue weighted by molar-refractivity contribution is -0.128. The monoisotopic (exact) mass is 205 g/mol. The van der Waals surface area contributed by atoms with Crippen molar-refractivity contribution in [3.63, 3.8) is 0 Å². The summed E-state index contributed by atoms with van der Waals surface area (Å²) in [7, 11) is 3.91. The van der Waals surface area contributed by atoms with Crippen LogP contribution in [-0.4, -0.2) is 24.8 Å². The van der Waals surface area contributed by atoms with E-state index < -0.39 is 5.54 Å². The van der Waals surface area contributed by atoms with Gasteiger partial charge in [-0.1, -0.05) is 37.3 Å². The number of likely N-dealkylation sites (N-methyl/N-ethyl adjacent to an activating group) is 1. The number of nitrogens with zero attached hydrogens (tertiary/aromatic N) is 1. The minimum atomic E-state index is -0.471. The van der Waals surface area contributed by atoms with E-state index in [4.69, 9.17) is 0 Å². The molecule has 0 spiro atoms. The van der Waals surface area contributed by atoms with E-state index in [-0.39, 0.29) is 5.78 Å². The van der Waals surface area contributed by atoms with Gasteiger partial charge in [-0.3, -0.25) is 9.69 Å². The molecule has 82 valence electrons. The van der Waals surface area contributed by atoms with Crippen LogP contribution in [0.1, 0.15) is 25.8 Å². The quantitative estimate of drug-likeness (QED) is 0.752. The van der Waals surface area contributed by atoms with Gasteiger partial charge in [0.1, 0.15) is 5.54 Å². The van der Waals surface area contributed by atoms with Gasteiger partial charge in [0, 0.05) is 0 Å². The molecule has 15 heavy (non-hydrogen) atoms. The Bertz CT molecular complexity index is 332. The normalized spacial score (nSPS) is 15.0. The molecule has 0 aliphatic rings. The van der Waals surface area contributed by atoms with Crippen LogP contribution in [0.4, 0.5) is 0 Å². The fourth-order valence-corrected chi connectivity index (χ4v) is 2.26. The molecule has 1 aromatic rings. The predicted molar refractivity (Wildman–Crippen MR) is 62.8 cm³/mol. The lowest BCUT2D eigenvalue weighted by Crippen LogP contribution is -2.46. The van der Waals surface area contributed by atoms with Crippen LogP contribution in [0.5, 0.6) is 0 Å². The highest BCUT2D eigenvalue weighted by molar-refractivity contribution is 5.87. The zero-order chi connectivity index (χ0) is 11.5. The lowest BCUT2D eigenvalue weighted by Gasteiger charge is -2.37. The maximum atomic E-state index is 11.9. The molecule has 0 saturated heterocycles. The Hall–Kier alpha value is -1.15. The molecule has 2 heteroatoms. The first-order valence-corrected chi connectivity index (χ1v) is 5.29.